The molecule has 0 spiro atoms. The molecule has 5 nitrogen and oxygen atoms in total. The highest BCUT2D eigenvalue weighted by molar-refractivity contribution is 9.10. The van der Waals surface area contributed by atoms with Crippen LogP contribution in [0.25, 0.3) is 10.9 Å². The zero-order valence-electron chi connectivity index (χ0n) is 17.6. The van der Waals surface area contributed by atoms with Gasteiger partial charge in [-0.15, -0.1) is 0 Å². The highest BCUT2D eigenvalue weighted by Gasteiger charge is 2.19. The van der Waals surface area contributed by atoms with Crippen LogP contribution in [0.5, 0.6) is 0 Å². The number of aromatic amines is 1. The summed E-state index contributed by atoms with van der Waals surface area (Å²) in [5.41, 5.74) is 4.86. The molecular weight excluding hydrogens is 430 g/mol. The summed E-state index contributed by atoms with van der Waals surface area (Å²) in [6, 6.07) is 6.20. The summed E-state index contributed by atoms with van der Waals surface area (Å²) >= 11 is 3.56. The summed E-state index contributed by atoms with van der Waals surface area (Å²) < 4.78 is 3.12. The van der Waals surface area contributed by atoms with Crippen LogP contribution in [0.2, 0.25) is 0 Å². The Labute approximate surface area is 179 Å². The second-order valence-electron chi connectivity index (χ2n) is 7.83. The molecule has 1 atom stereocenters. The predicted octanol–water partition coefficient (Wildman–Crippen LogP) is 5.31. The third-order valence-corrected chi connectivity index (χ3v) is 5.89. The van der Waals surface area contributed by atoms with Crippen molar-refractivity contribution in [3.05, 3.63) is 67.2 Å². The van der Waals surface area contributed by atoms with Crippen LogP contribution in [-0.2, 0) is 6.54 Å². The summed E-state index contributed by atoms with van der Waals surface area (Å²) in [6.07, 6.45) is 4.31. The maximum atomic E-state index is 13.1. The van der Waals surface area contributed by atoms with E-state index in [-0.39, 0.29) is 18.0 Å². The molecule has 0 aliphatic carbocycles. The van der Waals surface area contributed by atoms with E-state index in [0.29, 0.717) is 17.2 Å². The number of hydrogen-bond acceptors (Lipinski definition) is 2. The SMILES string of the molecule is CCCC(C)n1cc(C)c2c(C(=O)NCc3c(C)cc(C)[nH]c3=O)cc(Br)cc21. The van der Waals surface area contributed by atoms with Gasteiger partial charge in [0.2, 0.25) is 0 Å². The van der Waals surface area contributed by atoms with Crippen molar-refractivity contribution in [1.82, 2.24) is 14.9 Å². The normalized spacial score (nSPS) is 12.3. The molecule has 0 fully saturated rings. The van der Waals surface area contributed by atoms with Gasteiger partial charge in [-0.1, -0.05) is 29.3 Å². The molecular formula is C23H28BrN3O2. The Morgan fingerprint density at radius 1 is 1.21 bits per heavy atom. The molecule has 3 aromatic rings. The Morgan fingerprint density at radius 3 is 2.59 bits per heavy atom. The standard InChI is InChI=1S/C23H28BrN3O2/c1-6-7-16(5)27-12-14(3)21-18(9-17(24)10-20(21)27)22(28)25-11-19-13(2)8-15(4)26-23(19)29/h8-10,12,16H,6-7,11H2,1-5H3,(H,25,28)(H,26,29). The number of nitrogens with one attached hydrogen (secondary N) is 2. The molecule has 154 valence electrons. The Bertz CT molecular complexity index is 1130. The number of H-pyrrole nitrogens is 1. The Kier molecular flexibility index (Phi) is 6.32. The van der Waals surface area contributed by atoms with Crippen LogP contribution in [-0.4, -0.2) is 15.5 Å². The summed E-state index contributed by atoms with van der Waals surface area (Å²) in [6.45, 7) is 10.4. The van der Waals surface area contributed by atoms with Gasteiger partial charge in [0.15, 0.2) is 0 Å². The monoisotopic (exact) mass is 457 g/mol. The molecule has 1 amide bonds. The van der Waals surface area contributed by atoms with E-state index in [2.05, 4.69) is 56.9 Å². The molecule has 1 unspecified atom stereocenters. The molecule has 3 rings (SSSR count). The van der Waals surface area contributed by atoms with Crippen molar-refractivity contribution < 1.29 is 4.79 Å². The molecule has 0 aliphatic rings. The van der Waals surface area contributed by atoms with Gasteiger partial charge in [0.05, 0.1) is 11.1 Å². The van der Waals surface area contributed by atoms with Gasteiger partial charge in [0.1, 0.15) is 0 Å². The van der Waals surface area contributed by atoms with Gasteiger partial charge in [0.25, 0.3) is 11.5 Å². The number of nitrogens with zero attached hydrogens (tertiary/aromatic N) is 1. The van der Waals surface area contributed by atoms with Crippen molar-refractivity contribution in [2.45, 2.75) is 60.0 Å². The predicted molar refractivity (Wildman–Crippen MR) is 122 cm³/mol. The van der Waals surface area contributed by atoms with Gasteiger partial charge in [-0.2, -0.15) is 0 Å². The van der Waals surface area contributed by atoms with Gasteiger partial charge >= 0.3 is 0 Å². The Morgan fingerprint density at radius 2 is 1.93 bits per heavy atom. The van der Waals surface area contributed by atoms with Gasteiger partial charge < -0.3 is 14.9 Å². The van der Waals surface area contributed by atoms with Crippen LogP contribution < -0.4 is 10.9 Å². The van der Waals surface area contributed by atoms with E-state index in [1.54, 1.807) is 0 Å². The lowest BCUT2D eigenvalue weighted by molar-refractivity contribution is 0.0952. The van der Waals surface area contributed by atoms with Crippen LogP contribution in [0.3, 0.4) is 0 Å². The lowest BCUT2D eigenvalue weighted by Gasteiger charge is -2.15. The van der Waals surface area contributed by atoms with E-state index >= 15 is 0 Å². The summed E-state index contributed by atoms with van der Waals surface area (Å²) in [5, 5.41) is 3.90. The first-order chi connectivity index (χ1) is 13.7. The Hall–Kier alpha value is -2.34. The maximum absolute atomic E-state index is 13.1. The van der Waals surface area contributed by atoms with Crippen molar-refractivity contribution in [3.63, 3.8) is 0 Å². The number of aromatic nitrogens is 2. The van der Waals surface area contributed by atoms with Crippen LogP contribution in [0, 0.1) is 20.8 Å². The average molecular weight is 458 g/mol. The van der Waals surface area contributed by atoms with Gasteiger partial charge in [-0.05, 0) is 63.4 Å². The molecule has 1 aromatic carbocycles. The molecule has 0 saturated carbocycles. The molecule has 0 bridgehead atoms. The van der Waals surface area contributed by atoms with E-state index in [1.165, 1.54) is 0 Å². The van der Waals surface area contributed by atoms with Crippen molar-refractivity contribution >= 4 is 32.7 Å². The zero-order valence-corrected chi connectivity index (χ0v) is 19.2. The molecule has 0 saturated heterocycles. The zero-order chi connectivity index (χ0) is 21.3. The number of fused-ring (bicyclic) bond motifs is 1. The van der Waals surface area contributed by atoms with Gasteiger partial charge in [-0.3, -0.25) is 9.59 Å². The van der Waals surface area contributed by atoms with Crippen molar-refractivity contribution in [1.29, 1.82) is 0 Å². The first-order valence-electron chi connectivity index (χ1n) is 10.0. The third kappa shape index (κ3) is 4.32. The number of carbonyl (C=O) groups is 1. The molecule has 2 N–H and O–H groups in total. The largest absolute Gasteiger partial charge is 0.348 e. The van der Waals surface area contributed by atoms with E-state index in [1.807, 2.05) is 32.9 Å². The van der Waals surface area contributed by atoms with Crippen LogP contribution >= 0.6 is 15.9 Å². The van der Waals surface area contributed by atoms with Crippen LogP contribution in [0.1, 0.15) is 65.5 Å². The second-order valence-corrected chi connectivity index (χ2v) is 8.75. The summed E-state index contributed by atoms with van der Waals surface area (Å²) in [5.74, 6) is -0.181. The Balaban J connectivity index is 1.97. The topological polar surface area (TPSA) is 66.9 Å². The number of carbonyl (C=O) groups excluding carboxylic acids is 1. The van der Waals surface area contributed by atoms with Gasteiger partial charge in [-0.25, -0.2) is 0 Å². The first kappa shape index (κ1) is 21.4. The number of amides is 1. The first-order valence-corrected chi connectivity index (χ1v) is 10.8. The number of rotatable bonds is 6. The van der Waals surface area contributed by atoms with Crippen molar-refractivity contribution in [2.24, 2.45) is 0 Å². The smallest absolute Gasteiger partial charge is 0.253 e. The van der Waals surface area contributed by atoms with Crippen molar-refractivity contribution in [2.75, 3.05) is 0 Å². The maximum Gasteiger partial charge on any atom is 0.253 e. The fourth-order valence-corrected chi connectivity index (χ4v) is 4.46. The minimum absolute atomic E-state index is 0.155. The molecule has 2 aromatic heterocycles. The number of halogens is 1. The number of pyridine rings is 1. The molecule has 2 heterocycles. The quantitative estimate of drug-likeness (QED) is 0.526. The van der Waals surface area contributed by atoms with Crippen LogP contribution in [0.4, 0.5) is 0 Å². The van der Waals surface area contributed by atoms with E-state index in [4.69, 9.17) is 0 Å². The van der Waals surface area contributed by atoms with E-state index in [0.717, 1.165) is 45.0 Å². The molecule has 0 radical (unpaired) electrons. The fourth-order valence-electron chi connectivity index (χ4n) is 4.02. The molecule has 0 aliphatic heterocycles. The highest BCUT2D eigenvalue weighted by Crippen LogP contribution is 2.32. The van der Waals surface area contributed by atoms with Crippen LogP contribution in [0.15, 0.2) is 33.7 Å². The number of aryl methyl sites for hydroxylation is 3. The summed E-state index contributed by atoms with van der Waals surface area (Å²) in [4.78, 5) is 28.1. The highest BCUT2D eigenvalue weighted by atomic mass is 79.9. The van der Waals surface area contributed by atoms with Gasteiger partial charge in [0, 0.05) is 39.9 Å². The summed E-state index contributed by atoms with van der Waals surface area (Å²) in [7, 11) is 0. The lowest BCUT2D eigenvalue weighted by Crippen LogP contribution is -2.28. The molecule has 29 heavy (non-hydrogen) atoms. The van der Waals surface area contributed by atoms with Crippen molar-refractivity contribution in [3.8, 4) is 0 Å². The minimum atomic E-state index is -0.181. The number of benzene rings is 1. The number of hydrogen-bond donors (Lipinski definition) is 2. The fraction of sp³-hybridized carbons (Fsp3) is 0.391. The lowest BCUT2D eigenvalue weighted by atomic mass is 10.1. The van der Waals surface area contributed by atoms with E-state index in [9.17, 15) is 9.59 Å². The van der Waals surface area contributed by atoms with E-state index < -0.39 is 0 Å². The minimum Gasteiger partial charge on any atom is -0.348 e. The molecule has 6 heteroatoms. The average Bonchev–Trinajstić information content (AvgIpc) is 2.96. The second kappa shape index (κ2) is 8.57. The third-order valence-electron chi connectivity index (χ3n) is 5.43.